The second-order valence-corrected chi connectivity index (χ2v) is 11.7. The van der Waals surface area contributed by atoms with Gasteiger partial charge in [-0.05, 0) is 102 Å². The summed E-state index contributed by atoms with van der Waals surface area (Å²) in [6.45, 7) is 14.8. The van der Waals surface area contributed by atoms with Crippen molar-refractivity contribution in [3.8, 4) is 28.0 Å². The highest BCUT2D eigenvalue weighted by atomic mass is 16.5. The van der Waals surface area contributed by atoms with Crippen molar-refractivity contribution < 1.29 is 4.74 Å². The average Bonchev–Trinajstić information content (AvgIpc) is 3.45. The van der Waals surface area contributed by atoms with Crippen molar-refractivity contribution in [2.75, 3.05) is 4.90 Å². The summed E-state index contributed by atoms with van der Waals surface area (Å²) in [7, 11) is 0. The summed E-state index contributed by atoms with van der Waals surface area (Å²) >= 11 is 0. The smallest absolute Gasteiger partial charge is 0.151 e. The van der Waals surface area contributed by atoms with Gasteiger partial charge in [-0.1, -0.05) is 103 Å². The number of fused-ring (bicyclic) bond motifs is 11. The maximum atomic E-state index is 6.25. The van der Waals surface area contributed by atoms with Crippen LogP contribution in [-0.4, -0.2) is 0 Å². The van der Waals surface area contributed by atoms with Gasteiger partial charge in [-0.3, -0.25) is 0 Å². The van der Waals surface area contributed by atoms with Crippen LogP contribution in [0, 0.1) is 20.8 Å². The van der Waals surface area contributed by atoms with Crippen LogP contribution in [0.15, 0.2) is 134 Å². The number of rotatable bonds is 3. The third kappa shape index (κ3) is 3.10. The lowest BCUT2D eigenvalue weighted by molar-refractivity contribution is 0.431. The molecule has 1 heterocycles. The molecule has 0 fully saturated rings. The molecule has 0 atom stereocenters. The first-order chi connectivity index (χ1) is 20.4. The van der Waals surface area contributed by atoms with Gasteiger partial charge in [0.05, 0.1) is 16.8 Å². The Morgan fingerprint density at radius 2 is 1.10 bits per heavy atom. The quantitative estimate of drug-likeness (QED) is 0.221. The van der Waals surface area contributed by atoms with E-state index < -0.39 is 5.41 Å². The van der Waals surface area contributed by atoms with E-state index in [-0.39, 0.29) is 0 Å². The zero-order valence-electron chi connectivity index (χ0n) is 24.2. The number of benzene rings is 5. The summed E-state index contributed by atoms with van der Waals surface area (Å²) in [4.78, 5) is 2.26. The zero-order valence-corrected chi connectivity index (χ0v) is 24.2. The summed E-state index contributed by atoms with van der Waals surface area (Å²) < 4.78 is 6.25. The minimum absolute atomic E-state index is 0.416. The minimum atomic E-state index is -0.416. The average molecular weight is 542 g/mol. The van der Waals surface area contributed by atoms with E-state index in [0.29, 0.717) is 5.76 Å². The summed E-state index contributed by atoms with van der Waals surface area (Å²) in [5.41, 5.74) is 16.9. The van der Waals surface area contributed by atoms with Crippen molar-refractivity contribution in [3.05, 3.63) is 173 Å². The molecule has 2 aliphatic carbocycles. The van der Waals surface area contributed by atoms with E-state index in [2.05, 4.69) is 124 Å². The molecule has 3 aliphatic rings. The molecular formula is C40H31NO. The Morgan fingerprint density at radius 3 is 1.62 bits per heavy atom. The first-order valence-corrected chi connectivity index (χ1v) is 14.5. The van der Waals surface area contributed by atoms with E-state index in [4.69, 9.17) is 4.74 Å². The van der Waals surface area contributed by atoms with Gasteiger partial charge in [0.15, 0.2) is 11.5 Å². The number of aryl methyl sites for hydroxylation is 3. The van der Waals surface area contributed by atoms with Gasteiger partial charge in [-0.2, -0.15) is 0 Å². The molecule has 0 amide bonds. The van der Waals surface area contributed by atoms with E-state index in [1.54, 1.807) is 6.08 Å². The van der Waals surface area contributed by atoms with Gasteiger partial charge < -0.3 is 9.64 Å². The van der Waals surface area contributed by atoms with Crippen LogP contribution < -0.4 is 9.64 Å². The Labute approximate surface area is 247 Å². The van der Waals surface area contributed by atoms with Crippen molar-refractivity contribution in [1.82, 2.24) is 0 Å². The predicted molar refractivity (Wildman–Crippen MR) is 174 cm³/mol. The number of hydrogen-bond acceptors (Lipinski definition) is 2. The zero-order chi connectivity index (χ0) is 28.7. The molecule has 0 saturated carbocycles. The Kier molecular flexibility index (Phi) is 5.12. The monoisotopic (exact) mass is 541 g/mol. The van der Waals surface area contributed by atoms with Crippen molar-refractivity contribution in [2.24, 2.45) is 0 Å². The van der Waals surface area contributed by atoms with Crippen molar-refractivity contribution in [1.29, 1.82) is 0 Å². The molecule has 0 saturated heterocycles. The van der Waals surface area contributed by atoms with Crippen molar-refractivity contribution in [2.45, 2.75) is 26.2 Å². The SMILES string of the molecule is C=CC1=C(C=C)N(c2ccc3c(c2)C2(c4cc(C)ccc4-c4ccc(C)cc42)c2cc(C)ccc2-3)c2ccccc2O1. The highest BCUT2D eigenvalue weighted by molar-refractivity contribution is 5.96. The fraction of sp³-hybridized carbons (Fsp3) is 0.100. The lowest BCUT2D eigenvalue weighted by atomic mass is 9.70. The molecule has 0 unspecified atom stereocenters. The highest BCUT2D eigenvalue weighted by Crippen LogP contribution is 2.63. The van der Waals surface area contributed by atoms with Gasteiger partial charge in [0.2, 0.25) is 0 Å². The molecule has 8 rings (SSSR count). The summed E-state index contributed by atoms with van der Waals surface area (Å²) in [6, 6.07) is 36.0. The largest absolute Gasteiger partial charge is 0.453 e. The van der Waals surface area contributed by atoms with E-state index >= 15 is 0 Å². The van der Waals surface area contributed by atoms with Crippen LogP contribution in [0.1, 0.15) is 38.9 Å². The Balaban J connectivity index is 1.49. The predicted octanol–water partition coefficient (Wildman–Crippen LogP) is 10.1. The van der Waals surface area contributed by atoms with E-state index in [1.165, 1.54) is 61.2 Å². The molecule has 1 spiro atoms. The van der Waals surface area contributed by atoms with Crippen LogP contribution in [0.25, 0.3) is 22.3 Å². The lowest BCUT2D eigenvalue weighted by Crippen LogP contribution is -2.27. The molecule has 0 radical (unpaired) electrons. The highest BCUT2D eigenvalue weighted by Gasteiger charge is 2.52. The van der Waals surface area contributed by atoms with Gasteiger partial charge in [0.1, 0.15) is 0 Å². The van der Waals surface area contributed by atoms with Gasteiger partial charge in [-0.25, -0.2) is 0 Å². The van der Waals surface area contributed by atoms with Crippen LogP contribution >= 0.6 is 0 Å². The second kappa shape index (κ2) is 8.71. The van der Waals surface area contributed by atoms with Gasteiger partial charge in [0, 0.05) is 5.69 Å². The lowest BCUT2D eigenvalue weighted by Gasteiger charge is -2.35. The summed E-state index contributed by atoms with van der Waals surface area (Å²) in [6.07, 6.45) is 3.63. The number of nitrogens with zero attached hydrogens (tertiary/aromatic N) is 1. The maximum Gasteiger partial charge on any atom is 0.151 e. The normalized spacial score (nSPS) is 15.0. The van der Waals surface area contributed by atoms with Crippen LogP contribution in [0.3, 0.4) is 0 Å². The molecule has 0 aromatic heterocycles. The standard InChI is InChI=1S/C40H31NO/c1-6-36-38(7-2)42-39-11-9-8-10-37(39)41(36)27-15-19-31-30-18-14-26(5)22-34(30)40(35(31)23-27)32-20-24(3)12-16-28(32)29-17-13-25(4)21-33(29)40/h6-23H,1-2H2,3-5H3. The number of hydrogen-bond donors (Lipinski definition) is 0. The van der Waals surface area contributed by atoms with E-state index in [9.17, 15) is 0 Å². The number of allylic oxidation sites excluding steroid dienone is 2. The molecular weight excluding hydrogens is 510 g/mol. The van der Waals surface area contributed by atoms with Gasteiger partial charge in [-0.15, -0.1) is 0 Å². The fourth-order valence-electron chi connectivity index (χ4n) is 7.45. The molecule has 2 heteroatoms. The molecule has 2 nitrogen and oxygen atoms in total. The molecule has 202 valence electrons. The van der Waals surface area contributed by atoms with Crippen LogP contribution in [-0.2, 0) is 5.41 Å². The topological polar surface area (TPSA) is 12.5 Å². The Morgan fingerprint density at radius 1 is 0.595 bits per heavy atom. The number of anilines is 2. The number of ether oxygens (including phenoxy) is 1. The Hall–Kier alpha value is -5.08. The van der Waals surface area contributed by atoms with E-state index in [0.717, 1.165) is 22.8 Å². The van der Waals surface area contributed by atoms with Crippen molar-refractivity contribution in [3.63, 3.8) is 0 Å². The Bertz CT molecular complexity index is 1970. The summed E-state index contributed by atoms with van der Waals surface area (Å²) in [5, 5.41) is 0. The molecule has 5 aromatic rings. The third-order valence-electron chi connectivity index (χ3n) is 9.18. The number of para-hydroxylation sites is 2. The second-order valence-electron chi connectivity index (χ2n) is 11.7. The van der Waals surface area contributed by atoms with E-state index in [1.807, 2.05) is 18.2 Å². The maximum absolute atomic E-state index is 6.25. The molecule has 5 aromatic carbocycles. The molecule has 1 aliphatic heterocycles. The van der Waals surface area contributed by atoms with Crippen LogP contribution in [0.4, 0.5) is 11.4 Å². The first-order valence-electron chi connectivity index (χ1n) is 14.5. The molecule has 0 N–H and O–H groups in total. The first kappa shape index (κ1) is 24.7. The molecule has 0 bridgehead atoms. The summed E-state index contributed by atoms with van der Waals surface area (Å²) in [5.74, 6) is 1.50. The minimum Gasteiger partial charge on any atom is -0.453 e. The fourth-order valence-corrected chi connectivity index (χ4v) is 7.45. The third-order valence-corrected chi connectivity index (χ3v) is 9.18. The van der Waals surface area contributed by atoms with Gasteiger partial charge >= 0.3 is 0 Å². The molecule has 42 heavy (non-hydrogen) atoms. The van der Waals surface area contributed by atoms with Gasteiger partial charge in [0.25, 0.3) is 0 Å². The van der Waals surface area contributed by atoms with Crippen LogP contribution in [0.2, 0.25) is 0 Å². The van der Waals surface area contributed by atoms with Crippen molar-refractivity contribution >= 4 is 11.4 Å². The van der Waals surface area contributed by atoms with Crippen LogP contribution in [0.5, 0.6) is 5.75 Å².